The van der Waals surface area contributed by atoms with Crippen molar-refractivity contribution >= 4 is 47.2 Å². The second-order valence-corrected chi connectivity index (χ2v) is 6.49. The number of nitrogens with one attached hydrogen (secondary N) is 2. The zero-order chi connectivity index (χ0) is 19.1. The highest BCUT2D eigenvalue weighted by Crippen LogP contribution is 2.16. The number of aliphatic imine (C=N–C) groups is 1. The predicted octanol–water partition coefficient (Wildman–Crippen LogP) is 3.18. The number of hydrogen-bond donors (Lipinski definition) is 2. The quantitative estimate of drug-likeness (QED) is 0.288. The lowest BCUT2D eigenvalue weighted by molar-refractivity contribution is 0.224. The van der Waals surface area contributed by atoms with E-state index < -0.39 is 0 Å². The van der Waals surface area contributed by atoms with E-state index in [1.807, 2.05) is 60.0 Å². The number of halogens is 2. The minimum atomic E-state index is -0.0230. The molecule has 2 heterocycles. The number of pyridine rings is 1. The molecule has 0 saturated heterocycles. The SMILES string of the molecule is CN=C(NCCc1nnc2ccccn12)NCC(C)Oc1ccc(Cl)cc1.I. The van der Waals surface area contributed by atoms with E-state index in [1.54, 1.807) is 7.05 Å². The van der Waals surface area contributed by atoms with Gasteiger partial charge in [-0.1, -0.05) is 17.7 Å². The molecule has 0 aliphatic carbocycles. The molecule has 3 aromatic rings. The summed E-state index contributed by atoms with van der Waals surface area (Å²) >= 11 is 5.89. The molecule has 0 saturated carbocycles. The van der Waals surface area contributed by atoms with Crippen molar-refractivity contribution in [3.05, 3.63) is 59.5 Å². The Morgan fingerprint density at radius 3 is 2.71 bits per heavy atom. The molecule has 0 amide bonds. The van der Waals surface area contributed by atoms with Gasteiger partial charge in [-0.25, -0.2) is 0 Å². The zero-order valence-electron chi connectivity index (χ0n) is 15.8. The van der Waals surface area contributed by atoms with Crippen LogP contribution in [0.2, 0.25) is 5.02 Å². The Kier molecular flexibility index (Phi) is 8.78. The van der Waals surface area contributed by atoms with E-state index in [4.69, 9.17) is 16.3 Å². The fourth-order valence-electron chi connectivity index (χ4n) is 2.60. The number of benzene rings is 1. The van der Waals surface area contributed by atoms with Gasteiger partial charge in [-0.3, -0.25) is 9.39 Å². The summed E-state index contributed by atoms with van der Waals surface area (Å²) in [6.07, 6.45) is 2.68. The number of fused-ring (bicyclic) bond motifs is 1. The fourth-order valence-corrected chi connectivity index (χ4v) is 2.73. The Bertz CT molecular complexity index is 899. The average Bonchev–Trinajstić information content (AvgIpc) is 3.09. The third kappa shape index (κ3) is 6.23. The number of hydrogen-bond acceptors (Lipinski definition) is 4. The van der Waals surface area contributed by atoms with Crippen LogP contribution in [-0.4, -0.2) is 46.8 Å². The van der Waals surface area contributed by atoms with E-state index in [2.05, 4.69) is 25.8 Å². The van der Waals surface area contributed by atoms with E-state index in [0.29, 0.717) is 18.1 Å². The van der Waals surface area contributed by atoms with Gasteiger partial charge in [-0.2, -0.15) is 0 Å². The van der Waals surface area contributed by atoms with Crippen molar-refractivity contribution in [3.63, 3.8) is 0 Å². The molecule has 1 aromatic carbocycles. The van der Waals surface area contributed by atoms with Crippen LogP contribution in [0.1, 0.15) is 12.7 Å². The molecule has 0 radical (unpaired) electrons. The van der Waals surface area contributed by atoms with Gasteiger partial charge in [0.1, 0.15) is 17.7 Å². The molecule has 1 unspecified atom stereocenters. The van der Waals surface area contributed by atoms with Gasteiger partial charge < -0.3 is 15.4 Å². The van der Waals surface area contributed by atoms with Crippen LogP contribution in [0.3, 0.4) is 0 Å². The Labute approximate surface area is 186 Å². The lowest BCUT2D eigenvalue weighted by Crippen LogP contribution is -2.42. The van der Waals surface area contributed by atoms with Crippen molar-refractivity contribution in [2.75, 3.05) is 20.1 Å². The maximum absolute atomic E-state index is 5.89. The van der Waals surface area contributed by atoms with Gasteiger partial charge in [0.05, 0.1) is 6.54 Å². The molecule has 3 rings (SSSR count). The number of aromatic nitrogens is 3. The molecule has 0 fully saturated rings. The highest BCUT2D eigenvalue weighted by atomic mass is 127. The first kappa shape index (κ1) is 22.2. The second kappa shape index (κ2) is 11.1. The van der Waals surface area contributed by atoms with Crippen molar-refractivity contribution in [1.82, 2.24) is 25.2 Å². The van der Waals surface area contributed by atoms with Gasteiger partial charge in [0.15, 0.2) is 11.6 Å². The molecule has 2 N–H and O–H groups in total. The van der Waals surface area contributed by atoms with Crippen LogP contribution in [0.5, 0.6) is 5.75 Å². The van der Waals surface area contributed by atoms with Crippen molar-refractivity contribution in [3.8, 4) is 5.75 Å². The fraction of sp³-hybridized carbons (Fsp3) is 0.316. The molecule has 0 aliphatic rings. The molecule has 2 aromatic heterocycles. The molecular weight excluding hydrogens is 491 g/mol. The van der Waals surface area contributed by atoms with Crippen molar-refractivity contribution in [2.45, 2.75) is 19.4 Å². The second-order valence-electron chi connectivity index (χ2n) is 6.06. The molecule has 0 spiro atoms. The molecule has 28 heavy (non-hydrogen) atoms. The lowest BCUT2D eigenvalue weighted by Gasteiger charge is -2.17. The first-order valence-corrected chi connectivity index (χ1v) is 9.19. The van der Waals surface area contributed by atoms with Gasteiger partial charge in [-0.05, 0) is 43.3 Å². The van der Waals surface area contributed by atoms with E-state index in [1.165, 1.54) is 0 Å². The number of rotatable bonds is 7. The monoisotopic (exact) mass is 514 g/mol. The van der Waals surface area contributed by atoms with E-state index in [9.17, 15) is 0 Å². The molecule has 7 nitrogen and oxygen atoms in total. The van der Waals surface area contributed by atoms with E-state index in [0.717, 1.165) is 29.6 Å². The molecule has 0 aliphatic heterocycles. The van der Waals surface area contributed by atoms with Crippen molar-refractivity contribution < 1.29 is 4.74 Å². The van der Waals surface area contributed by atoms with E-state index >= 15 is 0 Å². The van der Waals surface area contributed by atoms with Crippen LogP contribution < -0.4 is 15.4 Å². The topological polar surface area (TPSA) is 75.8 Å². The third-order valence-electron chi connectivity index (χ3n) is 3.96. The van der Waals surface area contributed by atoms with Gasteiger partial charge >= 0.3 is 0 Å². The molecule has 9 heteroatoms. The predicted molar refractivity (Wildman–Crippen MR) is 123 cm³/mol. The Balaban J connectivity index is 0.00000280. The highest BCUT2D eigenvalue weighted by Gasteiger charge is 2.07. The van der Waals surface area contributed by atoms with Crippen LogP contribution in [0.4, 0.5) is 0 Å². The van der Waals surface area contributed by atoms with E-state index in [-0.39, 0.29) is 30.1 Å². The smallest absolute Gasteiger partial charge is 0.191 e. The summed E-state index contributed by atoms with van der Waals surface area (Å²) < 4.78 is 7.84. The summed E-state index contributed by atoms with van der Waals surface area (Å²) in [5, 5.41) is 15.6. The maximum atomic E-state index is 5.89. The normalized spacial score (nSPS) is 12.3. The van der Waals surface area contributed by atoms with Gasteiger partial charge in [-0.15, -0.1) is 34.2 Å². The summed E-state index contributed by atoms with van der Waals surface area (Å²) in [5.41, 5.74) is 0.850. The van der Waals surface area contributed by atoms with Crippen LogP contribution in [0.15, 0.2) is 53.7 Å². The highest BCUT2D eigenvalue weighted by molar-refractivity contribution is 14.0. The minimum Gasteiger partial charge on any atom is -0.489 e. The largest absolute Gasteiger partial charge is 0.489 e. The summed E-state index contributed by atoms with van der Waals surface area (Å²) in [6, 6.07) is 13.2. The molecular formula is C19H24ClIN6O. The summed E-state index contributed by atoms with van der Waals surface area (Å²) in [4.78, 5) is 4.24. The van der Waals surface area contributed by atoms with Gasteiger partial charge in [0, 0.05) is 31.2 Å². The van der Waals surface area contributed by atoms with Crippen LogP contribution >= 0.6 is 35.6 Å². The first-order valence-electron chi connectivity index (χ1n) is 8.81. The molecule has 0 bridgehead atoms. The number of ether oxygens (including phenoxy) is 1. The Hall–Kier alpha value is -2.07. The van der Waals surface area contributed by atoms with Crippen molar-refractivity contribution in [2.24, 2.45) is 4.99 Å². The van der Waals surface area contributed by atoms with Gasteiger partial charge in [0.25, 0.3) is 0 Å². The number of nitrogens with zero attached hydrogens (tertiary/aromatic N) is 4. The third-order valence-corrected chi connectivity index (χ3v) is 4.21. The standard InChI is InChI=1S/C19H23ClN6O.HI/c1-14(27-16-8-6-15(20)7-9-16)13-23-19(21-2)22-11-10-18-25-24-17-5-3-4-12-26(17)18;/h3-9,12,14H,10-11,13H2,1-2H3,(H2,21,22,23);1H. The first-order chi connectivity index (χ1) is 13.2. The Morgan fingerprint density at radius 1 is 1.18 bits per heavy atom. The van der Waals surface area contributed by atoms with Crippen molar-refractivity contribution in [1.29, 1.82) is 0 Å². The lowest BCUT2D eigenvalue weighted by atomic mass is 10.3. The zero-order valence-corrected chi connectivity index (χ0v) is 18.9. The summed E-state index contributed by atoms with van der Waals surface area (Å²) in [5.74, 6) is 2.42. The molecule has 150 valence electrons. The Morgan fingerprint density at radius 2 is 1.96 bits per heavy atom. The van der Waals surface area contributed by atoms with Crippen LogP contribution in [-0.2, 0) is 6.42 Å². The van der Waals surface area contributed by atoms with Crippen LogP contribution in [0.25, 0.3) is 5.65 Å². The average molecular weight is 515 g/mol. The molecule has 1 atom stereocenters. The number of guanidine groups is 1. The maximum Gasteiger partial charge on any atom is 0.191 e. The summed E-state index contributed by atoms with van der Waals surface area (Å²) in [6.45, 7) is 3.31. The van der Waals surface area contributed by atoms with Gasteiger partial charge in [0.2, 0.25) is 0 Å². The van der Waals surface area contributed by atoms with Crippen LogP contribution in [0, 0.1) is 0 Å². The minimum absolute atomic E-state index is 0. The summed E-state index contributed by atoms with van der Waals surface area (Å²) in [7, 11) is 1.74.